The van der Waals surface area contributed by atoms with E-state index in [1.54, 1.807) is 37.6 Å². The SMILES string of the molecule is COc1cc(OCc2ncc(C)cc2Cl)ccc1-c1nc(-c2ccc(F)nc2)[nH]c1Cl. The minimum atomic E-state index is -0.569. The van der Waals surface area contributed by atoms with E-state index in [-0.39, 0.29) is 6.61 Å². The molecular weight excluding hydrogens is 442 g/mol. The molecule has 0 bridgehead atoms. The van der Waals surface area contributed by atoms with Crippen LogP contribution in [-0.2, 0) is 6.61 Å². The highest BCUT2D eigenvalue weighted by Crippen LogP contribution is 2.37. The zero-order valence-electron chi connectivity index (χ0n) is 16.6. The second-order valence-electron chi connectivity index (χ2n) is 6.71. The third-order valence-electron chi connectivity index (χ3n) is 4.52. The average Bonchev–Trinajstić information content (AvgIpc) is 3.14. The van der Waals surface area contributed by atoms with Gasteiger partial charge in [0.1, 0.15) is 34.8 Å². The largest absolute Gasteiger partial charge is 0.496 e. The smallest absolute Gasteiger partial charge is 0.212 e. The fourth-order valence-corrected chi connectivity index (χ4v) is 3.47. The number of methoxy groups -OCH3 is 1. The van der Waals surface area contributed by atoms with Gasteiger partial charge in [-0.3, -0.25) is 4.98 Å². The van der Waals surface area contributed by atoms with Gasteiger partial charge >= 0.3 is 0 Å². The van der Waals surface area contributed by atoms with Crippen LogP contribution in [0.4, 0.5) is 4.39 Å². The van der Waals surface area contributed by atoms with Crippen LogP contribution in [0.2, 0.25) is 10.2 Å². The number of aromatic amines is 1. The Hall–Kier alpha value is -3.16. The summed E-state index contributed by atoms with van der Waals surface area (Å²) in [5, 5.41) is 0.872. The number of aryl methyl sites for hydroxylation is 1. The summed E-state index contributed by atoms with van der Waals surface area (Å²) in [6, 6.07) is 9.98. The molecule has 31 heavy (non-hydrogen) atoms. The first-order chi connectivity index (χ1) is 14.9. The van der Waals surface area contributed by atoms with Crippen molar-refractivity contribution in [1.29, 1.82) is 0 Å². The lowest BCUT2D eigenvalue weighted by atomic mass is 10.1. The van der Waals surface area contributed by atoms with Crippen molar-refractivity contribution < 1.29 is 13.9 Å². The first-order valence-corrected chi connectivity index (χ1v) is 10.00. The van der Waals surface area contributed by atoms with Crippen molar-refractivity contribution in [3.8, 4) is 34.1 Å². The summed E-state index contributed by atoms with van der Waals surface area (Å²) in [4.78, 5) is 15.5. The van der Waals surface area contributed by atoms with Crippen LogP contribution < -0.4 is 9.47 Å². The van der Waals surface area contributed by atoms with Crippen molar-refractivity contribution in [1.82, 2.24) is 19.9 Å². The van der Waals surface area contributed by atoms with Gasteiger partial charge in [-0.2, -0.15) is 4.39 Å². The van der Waals surface area contributed by atoms with Crippen molar-refractivity contribution in [3.05, 3.63) is 76.2 Å². The third-order valence-corrected chi connectivity index (χ3v) is 5.12. The van der Waals surface area contributed by atoms with E-state index in [0.717, 1.165) is 5.56 Å². The van der Waals surface area contributed by atoms with Gasteiger partial charge in [-0.05, 0) is 42.8 Å². The van der Waals surface area contributed by atoms with Gasteiger partial charge < -0.3 is 14.5 Å². The maximum atomic E-state index is 13.1. The summed E-state index contributed by atoms with van der Waals surface area (Å²) in [7, 11) is 1.55. The molecule has 0 aliphatic carbocycles. The van der Waals surface area contributed by atoms with E-state index >= 15 is 0 Å². The second-order valence-corrected chi connectivity index (χ2v) is 7.49. The first kappa shape index (κ1) is 21.1. The van der Waals surface area contributed by atoms with Crippen LogP contribution in [0.1, 0.15) is 11.3 Å². The van der Waals surface area contributed by atoms with Gasteiger partial charge in [0.2, 0.25) is 5.95 Å². The molecule has 0 saturated heterocycles. The van der Waals surface area contributed by atoms with Crippen LogP contribution in [-0.4, -0.2) is 27.0 Å². The minimum Gasteiger partial charge on any atom is -0.496 e. The highest BCUT2D eigenvalue weighted by molar-refractivity contribution is 6.32. The van der Waals surface area contributed by atoms with Gasteiger partial charge in [0.05, 0.1) is 17.8 Å². The van der Waals surface area contributed by atoms with Crippen LogP contribution in [0.15, 0.2) is 48.8 Å². The van der Waals surface area contributed by atoms with Crippen LogP contribution in [0, 0.1) is 12.9 Å². The van der Waals surface area contributed by atoms with Crippen LogP contribution in [0.3, 0.4) is 0 Å². The topological polar surface area (TPSA) is 72.9 Å². The van der Waals surface area contributed by atoms with Gasteiger partial charge in [-0.15, -0.1) is 0 Å². The maximum Gasteiger partial charge on any atom is 0.212 e. The Kier molecular flexibility index (Phi) is 6.06. The van der Waals surface area contributed by atoms with E-state index in [1.165, 1.54) is 12.3 Å². The predicted molar refractivity (Wildman–Crippen MR) is 117 cm³/mol. The highest BCUT2D eigenvalue weighted by Gasteiger charge is 2.17. The Morgan fingerprint density at radius 3 is 2.61 bits per heavy atom. The Bertz CT molecular complexity index is 1230. The zero-order valence-corrected chi connectivity index (χ0v) is 18.1. The van der Waals surface area contributed by atoms with Crippen molar-refractivity contribution >= 4 is 23.2 Å². The first-order valence-electron chi connectivity index (χ1n) is 9.24. The number of H-pyrrole nitrogens is 1. The molecule has 0 atom stereocenters. The number of nitrogens with zero attached hydrogens (tertiary/aromatic N) is 3. The molecule has 1 N–H and O–H groups in total. The van der Waals surface area contributed by atoms with Crippen LogP contribution in [0.5, 0.6) is 11.5 Å². The Balaban J connectivity index is 1.59. The molecule has 0 radical (unpaired) electrons. The number of benzene rings is 1. The van der Waals surface area contributed by atoms with Gasteiger partial charge in [0, 0.05) is 29.6 Å². The number of rotatable bonds is 6. The van der Waals surface area contributed by atoms with Gasteiger partial charge in [-0.1, -0.05) is 23.2 Å². The summed E-state index contributed by atoms with van der Waals surface area (Å²) in [5.41, 5.74) is 3.39. The normalized spacial score (nSPS) is 10.9. The van der Waals surface area contributed by atoms with E-state index < -0.39 is 5.95 Å². The molecule has 9 heteroatoms. The lowest BCUT2D eigenvalue weighted by Gasteiger charge is -2.11. The highest BCUT2D eigenvalue weighted by atomic mass is 35.5. The molecule has 0 saturated carbocycles. The molecule has 0 unspecified atom stereocenters. The monoisotopic (exact) mass is 458 g/mol. The fourth-order valence-electron chi connectivity index (χ4n) is 2.96. The number of halogens is 3. The molecule has 0 amide bonds. The lowest BCUT2D eigenvalue weighted by Crippen LogP contribution is -2.00. The number of aromatic nitrogens is 4. The molecule has 1 aromatic carbocycles. The van der Waals surface area contributed by atoms with Crippen LogP contribution in [0.25, 0.3) is 22.6 Å². The van der Waals surface area contributed by atoms with E-state index in [4.69, 9.17) is 32.7 Å². The van der Waals surface area contributed by atoms with Crippen molar-refractivity contribution in [3.63, 3.8) is 0 Å². The Morgan fingerprint density at radius 1 is 1.06 bits per heavy atom. The summed E-state index contributed by atoms with van der Waals surface area (Å²) in [5.74, 6) is 1.00. The number of pyridine rings is 2. The number of imidazole rings is 1. The minimum absolute atomic E-state index is 0.215. The Labute approximate surface area is 188 Å². The molecule has 4 rings (SSSR count). The standard InChI is InChI=1S/C22H17Cl2FN4O2/c1-12-7-16(23)17(26-9-12)11-31-14-4-5-15(18(8-14)30-2)20-21(24)29-22(28-20)13-3-6-19(25)27-10-13/h3-10H,11H2,1-2H3,(H,28,29). The molecule has 0 spiro atoms. The summed E-state index contributed by atoms with van der Waals surface area (Å²) >= 11 is 12.6. The van der Waals surface area contributed by atoms with Gasteiger partial charge in [-0.25, -0.2) is 9.97 Å². The quantitative estimate of drug-likeness (QED) is 0.365. The molecule has 6 nitrogen and oxygen atoms in total. The fraction of sp³-hybridized carbons (Fsp3) is 0.136. The third kappa shape index (κ3) is 4.62. The average molecular weight is 459 g/mol. The Morgan fingerprint density at radius 2 is 1.90 bits per heavy atom. The second kappa shape index (κ2) is 8.91. The summed E-state index contributed by atoms with van der Waals surface area (Å²) < 4.78 is 24.4. The lowest BCUT2D eigenvalue weighted by molar-refractivity contribution is 0.299. The maximum absolute atomic E-state index is 13.1. The van der Waals surface area contributed by atoms with Gasteiger partial charge in [0.25, 0.3) is 0 Å². The van der Waals surface area contributed by atoms with E-state index in [2.05, 4.69) is 19.9 Å². The molecule has 4 aromatic rings. The van der Waals surface area contributed by atoms with Crippen molar-refractivity contribution in [2.45, 2.75) is 13.5 Å². The van der Waals surface area contributed by atoms with Crippen molar-refractivity contribution in [2.75, 3.05) is 7.11 Å². The zero-order chi connectivity index (χ0) is 22.0. The van der Waals surface area contributed by atoms with Gasteiger partial charge in [0.15, 0.2) is 0 Å². The molecule has 0 fully saturated rings. The van der Waals surface area contributed by atoms with Crippen molar-refractivity contribution in [2.24, 2.45) is 0 Å². The molecular formula is C22H17Cl2FN4O2. The summed E-state index contributed by atoms with van der Waals surface area (Å²) in [6.07, 6.45) is 3.12. The van der Waals surface area contributed by atoms with E-state index in [1.807, 2.05) is 13.0 Å². The molecule has 0 aliphatic rings. The molecule has 3 heterocycles. The number of nitrogens with one attached hydrogen (secondary N) is 1. The van der Waals surface area contributed by atoms with E-state index in [0.29, 0.717) is 50.0 Å². The molecule has 158 valence electrons. The number of hydrogen-bond acceptors (Lipinski definition) is 5. The van der Waals surface area contributed by atoms with E-state index in [9.17, 15) is 4.39 Å². The number of hydrogen-bond donors (Lipinski definition) is 1. The molecule has 3 aromatic heterocycles. The predicted octanol–water partition coefficient (Wildman–Crippen LogP) is 5.88. The van der Waals surface area contributed by atoms with Crippen LogP contribution >= 0.6 is 23.2 Å². The molecule has 0 aliphatic heterocycles. The summed E-state index contributed by atoms with van der Waals surface area (Å²) in [6.45, 7) is 2.14. The number of ether oxygens (including phenoxy) is 2.